The van der Waals surface area contributed by atoms with Crippen LogP contribution in [-0.2, 0) is 53.0 Å². The van der Waals surface area contributed by atoms with Crippen molar-refractivity contribution in [1.29, 1.82) is 0 Å². The van der Waals surface area contributed by atoms with Crippen molar-refractivity contribution in [3.63, 3.8) is 0 Å². The van der Waals surface area contributed by atoms with Gasteiger partial charge in [0.05, 0.1) is 6.61 Å². The van der Waals surface area contributed by atoms with Gasteiger partial charge in [0.15, 0.2) is 24.8 Å². The summed E-state index contributed by atoms with van der Waals surface area (Å²) >= 11 is 0. The molecule has 0 aromatic rings. The van der Waals surface area contributed by atoms with Gasteiger partial charge in [-0.2, -0.15) is 16.8 Å². The third kappa shape index (κ3) is 6.57. The Balaban J connectivity index is 2.32. The molecule has 2 saturated heterocycles. The van der Waals surface area contributed by atoms with Gasteiger partial charge in [0, 0.05) is 0 Å². The molecule has 9 unspecified atom stereocenters. The van der Waals surface area contributed by atoms with E-state index in [1.165, 1.54) is 0 Å². The first-order valence-corrected chi connectivity index (χ1v) is 10.8. The van der Waals surface area contributed by atoms with Crippen LogP contribution in [0.15, 0.2) is 0 Å². The van der Waals surface area contributed by atoms with E-state index in [0.717, 1.165) is 0 Å². The van der Waals surface area contributed by atoms with Gasteiger partial charge in [-0.3, -0.25) is 9.11 Å². The summed E-state index contributed by atoms with van der Waals surface area (Å²) in [6, 6.07) is 0. The number of carbonyl (C=O) groups excluding carboxylic acids is 1. The molecule has 19 heteroatoms. The number of carboxylic acids is 1. The van der Waals surface area contributed by atoms with Crippen LogP contribution in [-0.4, -0.2) is 120 Å². The summed E-state index contributed by atoms with van der Waals surface area (Å²) in [7, 11) is -10.3. The van der Waals surface area contributed by atoms with Crippen LogP contribution in [0.4, 0.5) is 0 Å². The summed E-state index contributed by atoms with van der Waals surface area (Å²) in [5, 5.41) is 39.1. The van der Waals surface area contributed by atoms with Crippen molar-refractivity contribution in [3.8, 4) is 0 Å². The van der Waals surface area contributed by atoms with Gasteiger partial charge in [0.25, 0.3) is 0 Å². The molecule has 0 saturated carbocycles. The lowest BCUT2D eigenvalue weighted by molar-refractivity contribution is -0.306. The Morgan fingerprint density at radius 1 is 0.935 bits per heavy atom. The Hall–Kier alpha value is -1.36. The minimum absolute atomic E-state index is 0.0843. The minimum Gasteiger partial charge on any atom is -0.479 e. The van der Waals surface area contributed by atoms with E-state index in [1.807, 2.05) is 0 Å². The molecule has 0 bridgehead atoms. The summed E-state index contributed by atoms with van der Waals surface area (Å²) in [4.78, 5) is 22.3. The van der Waals surface area contributed by atoms with E-state index in [2.05, 4.69) is 8.37 Å². The number of carbonyl (C=O) groups is 2. The van der Waals surface area contributed by atoms with Crippen LogP contribution < -0.4 is 0 Å². The molecule has 9 atom stereocenters. The van der Waals surface area contributed by atoms with Crippen molar-refractivity contribution in [1.82, 2.24) is 0 Å². The first-order chi connectivity index (χ1) is 14.1. The molecule has 0 amide bonds. The predicted octanol–water partition coefficient (Wildman–Crippen LogP) is -4.76. The van der Waals surface area contributed by atoms with E-state index in [9.17, 15) is 41.7 Å². The highest BCUT2D eigenvalue weighted by Gasteiger charge is 2.54. The second kappa shape index (κ2) is 9.64. The van der Waals surface area contributed by atoms with Crippen LogP contribution in [0.2, 0.25) is 0 Å². The molecular weight excluding hydrogens is 480 g/mol. The van der Waals surface area contributed by atoms with Crippen molar-refractivity contribution in [2.24, 2.45) is 0 Å². The number of rotatable bonds is 9. The van der Waals surface area contributed by atoms with E-state index in [0.29, 0.717) is 0 Å². The smallest absolute Gasteiger partial charge is 0.397 e. The van der Waals surface area contributed by atoms with Crippen molar-refractivity contribution in [3.05, 3.63) is 0 Å². The molecule has 0 radical (unpaired) electrons. The number of aliphatic carboxylic acids is 1. The maximum Gasteiger partial charge on any atom is 0.397 e. The van der Waals surface area contributed by atoms with E-state index < -0.39 is 88.5 Å². The Kier molecular flexibility index (Phi) is 8.05. The highest BCUT2D eigenvalue weighted by Crippen LogP contribution is 2.31. The Labute approximate surface area is 173 Å². The number of carboxylic acid groups (broad SMARTS) is 1. The lowest BCUT2D eigenvalue weighted by atomic mass is 9.98. The average Bonchev–Trinajstić information content (AvgIpc) is 2.92. The molecule has 31 heavy (non-hydrogen) atoms. The molecule has 2 aliphatic rings. The van der Waals surface area contributed by atoms with Crippen LogP contribution in [0.1, 0.15) is 0 Å². The standard InChI is InChI=1S/C12H18O17S2/c13-1-3-5(14)8(4(26-3)2-25-30(19,20)21)27-12-10(29-31(22,23)24)7(16)6(15)9(28-12)11(17)18/h1,3-10,12,14-16H,2H2,(H,17,18)(H,19,20,21)(H,22,23,24). The highest BCUT2D eigenvalue weighted by atomic mass is 32.3. The number of hydrogen-bond donors (Lipinski definition) is 6. The highest BCUT2D eigenvalue weighted by molar-refractivity contribution is 7.81. The Morgan fingerprint density at radius 3 is 2.03 bits per heavy atom. The molecule has 0 aliphatic carbocycles. The Morgan fingerprint density at radius 2 is 1.55 bits per heavy atom. The van der Waals surface area contributed by atoms with Crippen LogP contribution in [0, 0.1) is 0 Å². The molecule has 0 spiro atoms. The van der Waals surface area contributed by atoms with Gasteiger partial charge < -0.3 is 39.4 Å². The molecule has 180 valence electrons. The van der Waals surface area contributed by atoms with Gasteiger partial charge in [0.2, 0.25) is 0 Å². The topological polar surface area (TPSA) is 270 Å². The maximum absolute atomic E-state index is 11.2. The third-order valence-electron chi connectivity index (χ3n) is 4.20. The first-order valence-electron chi connectivity index (χ1n) is 8.11. The fraction of sp³-hybridized carbons (Fsp3) is 0.833. The van der Waals surface area contributed by atoms with Gasteiger partial charge in [-0.05, 0) is 0 Å². The summed E-state index contributed by atoms with van der Waals surface area (Å²) in [5.41, 5.74) is 0. The van der Waals surface area contributed by atoms with Gasteiger partial charge in [-0.15, -0.1) is 0 Å². The number of ether oxygens (including phenoxy) is 3. The average molecular weight is 498 g/mol. The van der Waals surface area contributed by atoms with Gasteiger partial charge in [-0.1, -0.05) is 0 Å². The van der Waals surface area contributed by atoms with Crippen LogP contribution >= 0.6 is 0 Å². The van der Waals surface area contributed by atoms with Gasteiger partial charge >= 0.3 is 26.8 Å². The monoisotopic (exact) mass is 498 g/mol. The van der Waals surface area contributed by atoms with Crippen molar-refractivity contribution >= 4 is 33.1 Å². The van der Waals surface area contributed by atoms with Gasteiger partial charge in [0.1, 0.15) is 36.6 Å². The van der Waals surface area contributed by atoms with Crippen LogP contribution in [0.5, 0.6) is 0 Å². The quantitative estimate of drug-likeness (QED) is 0.128. The first kappa shape index (κ1) is 25.9. The second-order valence-corrected chi connectivity index (χ2v) is 8.45. The summed E-state index contributed by atoms with van der Waals surface area (Å²) < 4.78 is 84.5. The van der Waals surface area contributed by atoms with E-state index in [-0.39, 0.29) is 6.29 Å². The fourth-order valence-electron chi connectivity index (χ4n) is 2.88. The number of aliphatic hydroxyl groups is 3. The molecule has 6 N–H and O–H groups in total. The summed E-state index contributed by atoms with van der Waals surface area (Å²) in [6.45, 7) is -1.03. The lowest BCUT2D eigenvalue weighted by Crippen LogP contribution is -2.62. The van der Waals surface area contributed by atoms with E-state index in [4.69, 9.17) is 28.4 Å². The second-order valence-electron chi connectivity index (χ2n) is 6.31. The Bertz CT molecular complexity index is 870. The van der Waals surface area contributed by atoms with Gasteiger partial charge in [-0.25, -0.2) is 13.2 Å². The molecule has 0 aromatic carbocycles. The zero-order valence-electron chi connectivity index (χ0n) is 15.0. The van der Waals surface area contributed by atoms with E-state index >= 15 is 0 Å². The number of aliphatic hydroxyl groups excluding tert-OH is 3. The minimum atomic E-state index is -5.32. The zero-order chi connectivity index (χ0) is 23.7. The maximum atomic E-state index is 11.2. The van der Waals surface area contributed by atoms with Crippen molar-refractivity contribution in [2.75, 3.05) is 6.61 Å². The van der Waals surface area contributed by atoms with Crippen molar-refractivity contribution in [2.45, 2.75) is 55.1 Å². The molecule has 2 rings (SSSR count). The molecule has 17 nitrogen and oxygen atoms in total. The zero-order valence-corrected chi connectivity index (χ0v) is 16.6. The number of hydrogen-bond acceptors (Lipinski definition) is 14. The molecular formula is C12H18O17S2. The summed E-state index contributed by atoms with van der Waals surface area (Å²) in [5.74, 6) is -1.83. The number of aldehydes is 1. The molecule has 2 heterocycles. The predicted molar refractivity (Wildman–Crippen MR) is 87.8 cm³/mol. The third-order valence-corrected chi connectivity index (χ3v) is 5.10. The largest absolute Gasteiger partial charge is 0.479 e. The molecule has 0 aromatic heterocycles. The summed E-state index contributed by atoms with van der Waals surface area (Å²) in [6.07, 6.45) is -18.2. The van der Waals surface area contributed by atoms with Crippen LogP contribution in [0.25, 0.3) is 0 Å². The SMILES string of the molecule is O=CC1OC(COS(=O)(=O)O)C(OC2OC(C(=O)O)C(O)C(O)C2OS(=O)(=O)O)C1O. The molecule has 2 fully saturated rings. The van der Waals surface area contributed by atoms with E-state index in [1.54, 1.807) is 0 Å². The van der Waals surface area contributed by atoms with Crippen molar-refractivity contribution < 1.29 is 78.5 Å². The normalized spacial score (nSPS) is 39.3. The van der Waals surface area contributed by atoms with Crippen LogP contribution in [0.3, 0.4) is 0 Å². The fourth-order valence-corrected chi connectivity index (χ4v) is 3.67. The molecule has 2 aliphatic heterocycles. The lowest BCUT2D eigenvalue weighted by Gasteiger charge is -2.41.